The first-order valence-corrected chi connectivity index (χ1v) is 10.5. The summed E-state index contributed by atoms with van der Waals surface area (Å²) < 4.78 is 103. The number of nitrogen functional groups attached to an aromatic ring is 1. The maximum Gasteiger partial charge on any atom is 0.573 e. The standard InChI is InChI=1S/C23H16F7N5O3/c1-10(13-6-12(3-4-16(13)24)38-23(28,29)30)19(36)14-5-11(8-32-21(14)37-2)17-7-15(22(25,26)27)18-20(31)33-9-34-35(17)18/h3-10H,1-2H3,(H2,31,33,34). The Hall–Kier alpha value is -4.43. The van der Waals surface area contributed by atoms with Gasteiger partial charge in [0.2, 0.25) is 5.88 Å². The molecule has 0 aliphatic carbocycles. The number of methoxy groups -OCH3 is 1. The van der Waals surface area contributed by atoms with Crippen molar-refractivity contribution in [1.82, 2.24) is 19.6 Å². The van der Waals surface area contributed by atoms with E-state index < -0.39 is 58.3 Å². The van der Waals surface area contributed by atoms with Crippen molar-refractivity contribution in [2.24, 2.45) is 0 Å². The zero-order chi connectivity index (χ0) is 28.0. The van der Waals surface area contributed by atoms with Gasteiger partial charge in [0, 0.05) is 23.2 Å². The number of ether oxygens (including phenoxy) is 2. The SMILES string of the molecule is COc1ncc(-c2cc(C(F)(F)F)c3c(N)ncnn23)cc1C(=O)C(C)c1cc(OC(F)(F)F)ccc1F. The number of halogens is 7. The van der Waals surface area contributed by atoms with Crippen LogP contribution < -0.4 is 15.2 Å². The van der Waals surface area contributed by atoms with Crippen LogP contribution in [0.15, 0.2) is 42.9 Å². The number of aromatic nitrogens is 4. The number of rotatable bonds is 6. The van der Waals surface area contributed by atoms with E-state index in [0.29, 0.717) is 6.07 Å². The van der Waals surface area contributed by atoms with E-state index >= 15 is 0 Å². The summed E-state index contributed by atoms with van der Waals surface area (Å²) in [7, 11) is 1.17. The molecule has 4 aromatic rings. The Morgan fingerprint density at radius 3 is 2.42 bits per heavy atom. The van der Waals surface area contributed by atoms with Crippen molar-refractivity contribution < 1.29 is 45.0 Å². The summed E-state index contributed by atoms with van der Waals surface area (Å²) in [6.45, 7) is 1.23. The van der Waals surface area contributed by atoms with E-state index in [4.69, 9.17) is 10.5 Å². The van der Waals surface area contributed by atoms with Gasteiger partial charge in [0.15, 0.2) is 11.6 Å². The Morgan fingerprint density at radius 2 is 1.79 bits per heavy atom. The number of benzene rings is 1. The molecule has 8 nitrogen and oxygen atoms in total. The third kappa shape index (κ3) is 5.03. The van der Waals surface area contributed by atoms with Crippen LogP contribution in [0.3, 0.4) is 0 Å². The molecule has 1 atom stereocenters. The number of nitrogens with zero attached hydrogens (tertiary/aromatic N) is 4. The highest BCUT2D eigenvalue weighted by Crippen LogP contribution is 2.39. The Kier molecular flexibility index (Phi) is 6.63. The molecule has 0 spiro atoms. The third-order valence-corrected chi connectivity index (χ3v) is 5.55. The minimum absolute atomic E-state index is 0.0143. The average Bonchev–Trinajstić information content (AvgIpc) is 3.25. The van der Waals surface area contributed by atoms with Crippen molar-refractivity contribution >= 4 is 17.1 Å². The molecular weight excluding hydrogens is 527 g/mol. The predicted molar refractivity (Wildman–Crippen MR) is 118 cm³/mol. The lowest BCUT2D eigenvalue weighted by Crippen LogP contribution is -2.18. The minimum atomic E-state index is -5.05. The molecule has 0 amide bonds. The van der Waals surface area contributed by atoms with Crippen molar-refractivity contribution in [3.05, 3.63) is 65.4 Å². The Morgan fingerprint density at radius 1 is 1.08 bits per heavy atom. The van der Waals surface area contributed by atoms with Gasteiger partial charge in [0.05, 0.1) is 23.9 Å². The average molecular weight is 543 g/mol. The van der Waals surface area contributed by atoms with Crippen molar-refractivity contribution in [2.75, 3.05) is 12.8 Å². The largest absolute Gasteiger partial charge is 0.573 e. The molecule has 0 aliphatic rings. The molecule has 0 saturated carbocycles. The molecule has 200 valence electrons. The summed E-state index contributed by atoms with van der Waals surface area (Å²) >= 11 is 0. The number of hydrogen-bond acceptors (Lipinski definition) is 7. The van der Waals surface area contributed by atoms with Gasteiger partial charge < -0.3 is 15.2 Å². The first kappa shape index (κ1) is 26.6. The first-order valence-electron chi connectivity index (χ1n) is 10.5. The topological polar surface area (TPSA) is 105 Å². The van der Waals surface area contributed by atoms with Crippen LogP contribution >= 0.6 is 0 Å². The Bertz CT molecular complexity index is 1530. The Labute approximate surface area is 208 Å². The van der Waals surface area contributed by atoms with E-state index in [2.05, 4.69) is 19.8 Å². The van der Waals surface area contributed by atoms with Gasteiger partial charge in [-0.2, -0.15) is 18.3 Å². The summed E-state index contributed by atoms with van der Waals surface area (Å²) in [4.78, 5) is 20.9. The van der Waals surface area contributed by atoms with Gasteiger partial charge in [-0.3, -0.25) is 4.79 Å². The van der Waals surface area contributed by atoms with Crippen LogP contribution in [0.1, 0.15) is 34.3 Å². The summed E-state index contributed by atoms with van der Waals surface area (Å²) in [5.41, 5.74) is 3.15. The molecule has 1 unspecified atom stereocenters. The van der Waals surface area contributed by atoms with Crippen LogP contribution in [0.25, 0.3) is 16.8 Å². The van der Waals surface area contributed by atoms with Crippen molar-refractivity contribution in [2.45, 2.75) is 25.4 Å². The van der Waals surface area contributed by atoms with Crippen LogP contribution in [0.5, 0.6) is 11.6 Å². The number of carbonyl (C=O) groups is 1. The molecule has 3 aromatic heterocycles. The molecule has 0 radical (unpaired) electrons. The number of nitrogens with two attached hydrogens (primary N) is 1. The van der Waals surface area contributed by atoms with Gasteiger partial charge in [-0.15, -0.1) is 13.2 Å². The highest BCUT2D eigenvalue weighted by atomic mass is 19.4. The molecule has 3 heterocycles. The fourth-order valence-electron chi connectivity index (χ4n) is 3.85. The van der Waals surface area contributed by atoms with Crippen LogP contribution in [-0.4, -0.2) is 38.8 Å². The summed E-state index contributed by atoms with van der Waals surface area (Å²) in [5.74, 6) is -4.64. The normalized spacial score (nSPS) is 13.0. The van der Waals surface area contributed by atoms with Crippen molar-refractivity contribution in [3.8, 4) is 22.9 Å². The number of pyridine rings is 1. The molecule has 0 saturated heterocycles. The predicted octanol–water partition coefficient (Wildman–Crippen LogP) is 5.43. The third-order valence-electron chi connectivity index (χ3n) is 5.55. The van der Waals surface area contributed by atoms with E-state index in [-0.39, 0.29) is 22.7 Å². The summed E-state index contributed by atoms with van der Waals surface area (Å²) in [6.07, 6.45) is -7.81. The number of fused-ring (bicyclic) bond motifs is 1. The smallest absolute Gasteiger partial charge is 0.480 e. The van der Waals surface area contributed by atoms with Crippen molar-refractivity contribution in [3.63, 3.8) is 0 Å². The molecule has 4 rings (SSSR count). The lowest BCUT2D eigenvalue weighted by Gasteiger charge is -2.16. The lowest BCUT2D eigenvalue weighted by atomic mass is 9.91. The number of hydrogen-bond donors (Lipinski definition) is 1. The van der Waals surface area contributed by atoms with E-state index in [1.165, 1.54) is 14.0 Å². The van der Waals surface area contributed by atoms with Crippen LogP contribution in [0.4, 0.5) is 36.6 Å². The molecule has 0 fully saturated rings. The monoisotopic (exact) mass is 543 g/mol. The van der Waals surface area contributed by atoms with Gasteiger partial charge in [0.25, 0.3) is 0 Å². The number of Topliss-reactive ketones (excluding diaryl/α,β-unsaturated/α-hetero) is 1. The van der Waals surface area contributed by atoms with E-state index in [1.807, 2.05) is 0 Å². The number of anilines is 1. The second-order valence-electron chi connectivity index (χ2n) is 7.94. The maximum atomic E-state index is 14.5. The summed E-state index contributed by atoms with van der Waals surface area (Å²) in [6, 6.07) is 4.08. The van der Waals surface area contributed by atoms with Crippen LogP contribution in [0.2, 0.25) is 0 Å². The van der Waals surface area contributed by atoms with Gasteiger partial charge in [0.1, 0.15) is 23.4 Å². The molecule has 0 bridgehead atoms. The Balaban J connectivity index is 1.82. The highest BCUT2D eigenvalue weighted by molar-refractivity contribution is 6.03. The first-order chi connectivity index (χ1) is 17.7. The molecular formula is C23H16F7N5O3. The maximum absolute atomic E-state index is 14.5. The fourth-order valence-corrected chi connectivity index (χ4v) is 3.85. The zero-order valence-corrected chi connectivity index (χ0v) is 19.4. The molecule has 2 N–H and O–H groups in total. The molecule has 1 aromatic carbocycles. The van der Waals surface area contributed by atoms with Crippen LogP contribution in [-0.2, 0) is 6.18 Å². The number of ketones is 1. The fraction of sp³-hybridized carbons (Fsp3) is 0.217. The van der Waals surface area contributed by atoms with E-state index in [1.54, 1.807) is 0 Å². The van der Waals surface area contributed by atoms with Gasteiger partial charge in [-0.25, -0.2) is 18.9 Å². The number of carbonyl (C=O) groups excluding carboxylic acids is 1. The van der Waals surface area contributed by atoms with E-state index in [0.717, 1.165) is 41.3 Å². The summed E-state index contributed by atoms with van der Waals surface area (Å²) in [5, 5.41) is 3.83. The van der Waals surface area contributed by atoms with Gasteiger partial charge in [-0.1, -0.05) is 6.92 Å². The molecule has 38 heavy (non-hydrogen) atoms. The molecule has 15 heteroatoms. The highest BCUT2D eigenvalue weighted by Gasteiger charge is 2.37. The number of alkyl halides is 6. The second kappa shape index (κ2) is 9.46. The van der Waals surface area contributed by atoms with Crippen molar-refractivity contribution in [1.29, 1.82) is 0 Å². The minimum Gasteiger partial charge on any atom is -0.480 e. The van der Waals surface area contributed by atoms with Gasteiger partial charge >= 0.3 is 12.5 Å². The quantitative estimate of drug-likeness (QED) is 0.256. The zero-order valence-electron chi connectivity index (χ0n) is 19.4. The van der Waals surface area contributed by atoms with Crippen LogP contribution in [0, 0.1) is 5.82 Å². The van der Waals surface area contributed by atoms with E-state index in [9.17, 15) is 35.5 Å². The lowest BCUT2D eigenvalue weighted by molar-refractivity contribution is -0.274. The van der Waals surface area contributed by atoms with Gasteiger partial charge in [-0.05, 0) is 30.3 Å². The molecule has 0 aliphatic heterocycles. The second-order valence-corrected chi connectivity index (χ2v) is 7.94.